The van der Waals surface area contributed by atoms with Gasteiger partial charge in [-0.25, -0.2) is 9.97 Å². The molecule has 156 valence electrons. The zero-order valence-electron chi connectivity index (χ0n) is 17.5. The topological polar surface area (TPSA) is 78.4 Å². The summed E-state index contributed by atoms with van der Waals surface area (Å²) in [6.07, 6.45) is 4.02. The Hall–Kier alpha value is -2.48. The lowest BCUT2D eigenvalue weighted by Crippen LogP contribution is -2.32. The summed E-state index contributed by atoms with van der Waals surface area (Å²) in [4.78, 5) is 38.8. The Morgan fingerprint density at radius 1 is 1.41 bits per heavy atom. The van der Waals surface area contributed by atoms with E-state index in [-0.39, 0.29) is 11.8 Å². The molecule has 0 spiro atoms. The lowest BCUT2D eigenvalue weighted by molar-refractivity contribution is -0.127. The molecule has 3 rings (SSSR count). The van der Waals surface area contributed by atoms with Crippen LogP contribution in [0.2, 0.25) is 0 Å². The van der Waals surface area contributed by atoms with E-state index < -0.39 is 0 Å². The molecule has 0 saturated carbocycles. The predicted molar refractivity (Wildman–Crippen MR) is 117 cm³/mol. The first-order valence-electron chi connectivity index (χ1n) is 10.1. The van der Waals surface area contributed by atoms with Gasteiger partial charge in [0, 0.05) is 39.1 Å². The van der Waals surface area contributed by atoms with Crippen LogP contribution in [0.1, 0.15) is 48.3 Å². The van der Waals surface area contributed by atoms with Gasteiger partial charge in [0.15, 0.2) is 0 Å². The molecule has 0 bridgehead atoms. The van der Waals surface area contributed by atoms with Crippen molar-refractivity contribution in [3.05, 3.63) is 28.9 Å². The van der Waals surface area contributed by atoms with Crippen LogP contribution < -0.4 is 5.32 Å². The smallest absolute Gasteiger partial charge is 0.264 e. The van der Waals surface area contributed by atoms with Crippen LogP contribution in [0, 0.1) is 6.92 Å². The highest BCUT2D eigenvalue weighted by atomic mass is 32.1. The number of nitrogens with one attached hydrogen (secondary N) is 1. The molecule has 1 saturated heterocycles. The van der Waals surface area contributed by atoms with Gasteiger partial charge >= 0.3 is 0 Å². The third-order valence-corrected chi connectivity index (χ3v) is 6.31. The summed E-state index contributed by atoms with van der Waals surface area (Å²) in [5.74, 6) is 1.01. The number of hydrogen-bond donors (Lipinski definition) is 1. The van der Waals surface area contributed by atoms with Crippen molar-refractivity contribution >= 4 is 39.2 Å². The highest BCUT2D eigenvalue weighted by Crippen LogP contribution is 2.34. The first kappa shape index (κ1) is 21.2. The third-order valence-electron chi connectivity index (χ3n) is 5.12. The van der Waals surface area contributed by atoms with Crippen LogP contribution in [-0.4, -0.2) is 64.3 Å². The molecule has 1 fully saturated rings. The highest BCUT2D eigenvalue weighted by Gasteiger charge is 2.23. The maximum atomic E-state index is 13.0. The Labute approximate surface area is 175 Å². The maximum absolute atomic E-state index is 13.0. The molecule has 2 aromatic rings. The summed E-state index contributed by atoms with van der Waals surface area (Å²) in [6, 6.07) is 0. The molecular weight excluding hydrogens is 386 g/mol. The van der Waals surface area contributed by atoms with Crippen LogP contribution in [-0.2, 0) is 4.79 Å². The van der Waals surface area contributed by atoms with Crippen molar-refractivity contribution < 1.29 is 9.59 Å². The quantitative estimate of drug-likeness (QED) is 0.501. The summed E-state index contributed by atoms with van der Waals surface area (Å²) in [7, 11) is 0. The Morgan fingerprint density at radius 2 is 2.21 bits per heavy atom. The molecule has 3 heterocycles. The molecule has 7 nitrogen and oxygen atoms in total. The SMILES string of the molecule is C=C(C)CN(CC)C(=O)c1sc2ncnc(NCCCN3CCCC3=O)c2c1C. The number of likely N-dealkylation sites (tertiary alicyclic amines) is 1. The van der Waals surface area contributed by atoms with E-state index in [4.69, 9.17) is 0 Å². The predicted octanol–water partition coefficient (Wildman–Crippen LogP) is 3.46. The summed E-state index contributed by atoms with van der Waals surface area (Å²) >= 11 is 1.41. The zero-order chi connectivity index (χ0) is 21.0. The van der Waals surface area contributed by atoms with Crippen molar-refractivity contribution in [1.29, 1.82) is 0 Å². The fourth-order valence-corrected chi connectivity index (χ4v) is 4.74. The number of carbonyl (C=O) groups excluding carboxylic acids is 2. The molecule has 2 aromatic heterocycles. The number of thiophene rings is 1. The molecule has 0 unspecified atom stereocenters. The molecule has 0 aliphatic carbocycles. The standard InChI is InChI=1S/C21H29N5O2S/c1-5-25(12-14(2)3)21(28)18-15(4)17-19(23-13-24-20(17)29-18)22-9-7-11-26-10-6-8-16(26)27/h13H,2,5-12H2,1,3-4H3,(H,22,23,24). The van der Waals surface area contributed by atoms with Crippen molar-refractivity contribution in [2.45, 2.75) is 40.0 Å². The number of aromatic nitrogens is 2. The fourth-order valence-electron chi connectivity index (χ4n) is 3.62. The van der Waals surface area contributed by atoms with Crippen LogP contribution in [0.25, 0.3) is 10.2 Å². The molecular formula is C21H29N5O2S. The van der Waals surface area contributed by atoms with Gasteiger partial charge in [0.2, 0.25) is 5.91 Å². The summed E-state index contributed by atoms with van der Waals surface area (Å²) < 4.78 is 0. The molecule has 1 aliphatic heterocycles. The number of hydrogen-bond acceptors (Lipinski definition) is 6. The number of rotatable bonds is 9. The van der Waals surface area contributed by atoms with Crippen molar-refractivity contribution in [3.63, 3.8) is 0 Å². The van der Waals surface area contributed by atoms with Gasteiger partial charge in [0.25, 0.3) is 5.91 Å². The fraction of sp³-hybridized carbons (Fsp3) is 0.524. The minimum atomic E-state index is 0.00879. The van der Waals surface area contributed by atoms with Gasteiger partial charge in [-0.15, -0.1) is 11.3 Å². The van der Waals surface area contributed by atoms with E-state index in [2.05, 4.69) is 21.9 Å². The van der Waals surface area contributed by atoms with E-state index in [1.807, 2.05) is 25.7 Å². The molecule has 8 heteroatoms. The van der Waals surface area contributed by atoms with Crippen LogP contribution in [0.3, 0.4) is 0 Å². The molecule has 1 aliphatic rings. The molecule has 0 aromatic carbocycles. The van der Waals surface area contributed by atoms with E-state index in [9.17, 15) is 9.59 Å². The maximum Gasteiger partial charge on any atom is 0.264 e. The second-order valence-electron chi connectivity index (χ2n) is 7.50. The van der Waals surface area contributed by atoms with Gasteiger partial charge in [0.05, 0.1) is 10.3 Å². The number of likely N-dealkylation sites (N-methyl/N-ethyl adjacent to an activating group) is 1. The number of nitrogens with zero attached hydrogens (tertiary/aromatic N) is 4. The molecule has 29 heavy (non-hydrogen) atoms. The minimum Gasteiger partial charge on any atom is -0.369 e. The van der Waals surface area contributed by atoms with Crippen LogP contribution in [0.5, 0.6) is 0 Å². The molecule has 0 atom stereocenters. The summed E-state index contributed by atoms with van der Waals surface area (Å²) in [6.45, 7) is 13.3. The van der Waals surface area contributed by atoms with Gasteiger partial charge < -0.3 is 15.1 Å². The normalized spacial score (nSPS) is 13.9. The Bertz CT molecular complexity index is 923. The summed E-state index contributed by atoms with van der Waals surface area (Å²) in [5.41, 5.74) is 1.87. The van der Waals surface area contributed by atoms with Crippen LogP contribution in [0.15, 0.2) is 18.5 Å². The molecule has 2 amide bonds. The van der Waals surface area contributed by atoms with Crippen molar-refractivity contribution in [3.8, 4) is 0 Å². The second kappa shape index (κ2) is 9.35. The minimum absolute atomic E-state index is 0.00879. The second-order valence-corrected chi connectivity index (χ2v) is 8.50. The number of fused-ring (bicyclic) bond motifs is 1. The first-order chi connectivity index (χ1) is 13.9. The zero-order valence-corrected chi connectivity index (χ0v) is 18.3. The average molecular weight is 416 g/mol. The third kappa shape index (κ3) is 4.75. The number of aryl methyl sites for hydroxylation is 1. The first-order valence-corrected chi connectivity index (χ1v) is 10.9. The Kier molecular flexibility index (Phi) is 6.84. The van der Waals surface area contributed by atoms with E-state index in [1.54, 1.807) is 4.90 Å². The molecule has 0 radical (unpaired) electrons. The highest BCUT2D eigenvalue weighted by molar-refractivity contribution is 7.20. The number of amides is 2. The van der Waals surface area contributed by atoms with E-state index in [0.29, 0.717) is 30.9 Å². The monoisotopic (exact) mass is 415 g/mol. The van der Waals surface area contributed by atoms with Crippen LogP contribution >= 0.6 is 11.3 Å². The van der Waals surface area contributed by atoms with Gasteiger partial charge in [-0.1, -0.05) is 12.2 Å². The van der Waals surface area contributed by atoms with E-state index in [0.717, 1.165) is 53.1 Å². The van der Waals surface area contributed by atoms with E-state index in [1.165, 1.54) is 17.7 Å². The van der Waals surface area contributed by atoms with Gasteiger partial charge in [0.1, 0.15) is 17.0 Å². The number of anilines is 1. The Balaban J connectivity index is 1.73. The van der Waals surface area contributed by atoms with Gasteiger partial charge in [-0.2, -0.15) is 0 Å². The molecule has 1 N–H and O–H groups in total. The summed E-state index contributed by atoms with van der Waals surface area (Å²) in [5, 5.41) is 4.28. The largest absolute Gasteiger partial charge is 0.369 e. The lowest BCUT2D eigenvalue weighted by Gasteiger charge is -2.20. The van der Waals surface area contributed by atoms with Crippen molar-refractivity contribution in [2.75, 3.05) is 38.0 Å². The Morgan fingerprint density at radius 3 is 2.86 bits per heavy atom. The van der Waals surface area contributed by atoms with E-state index >= 15 is 0 Å². The van der Waals surface area contributed by atoms with Gasteiger partial charge in [-0.05, 0) is 39.2 Å². The van der Waals surface area contributed by atoms with Crippen molar-refractivity contribution in [1.82, 2.24) is 19.8 Å². The van der Waals surface area contributed by atoms with Crippen molar-refractivity contribution in [2.24, 2.45) is 0 Å². The van der Waals surface area contributed by atoms with Gasteiger partial charge in [-0.3, -0.25) is 9.59 Å². The van der Waals surface area contributed by atoms with Crippen LogP contribution in [0.4, 0.5) is 5.82 Å². The lowest BCUT2D eigenvalue weighted by atomic mass is 10.2. The average Bonchev–Trinajstić information content (AvgIpc) is 3.26. The number of carbonyl (C=O) groups is 2.